The number of aryl methyl sites for hydroxylation is 2. The molecule has 2 rings (SSSR count). The van der Waals surface area contributed by atoms with Crippen LogP contribution in [0.1, 0.15) is 21.7 Å². The fraction of sp³-hybridized carbons (Fsp3) is 0.231. The molecule has 1 aromatic carbocycles. The van der Waals surface area contributed by atoms with Gasteiger partial charge in [-0.25, -0.2) is 4.39 Å². The topological polar surface area (TPSA) is 34.9 Å². The molecule has 2 aromatic rings. The van der Waals surface area contributed by atoms with Gasteiger partial charge in [-0.3, -0.25) is 9.48 Å². The third kappa shape index (κ3) is 2.59. The van der Waals surface area contributed by atoms with Crippen molar-refractivity contribution in [2.24, 2.45) is 7.05 Å². The van der Waals surface area contributed by atoms with E-state index in [-0.39, 0.29) is 17.2 Å². The molecule has 0 aliphatic carbocycles. The lowest BCUT2D eigenvalue weighted by Crippen LogP contribution is -2.09. The first-order valence-electron chi connectivity index (χ1n) is 5.45. The minimum absolute atomic E-state index is 0.0292. The molecular weight excluding hydrogens is 255 g/mol. The summed E-state index contributed by atoms with van der Waals surface area (Å²) in [5.41, 5.74) is 2.01. The average Bonchev–Trinajstić information content (AvgIpc) is 2.63. The molecule has 0 N–H and O–H groups in total. The quantitative estimate of drug-likeness (QED) is 0.801. The van der Waals surface area contributed by atoms with Crippen molar-refractivity contribution in [1.82, 2.24) is 9.78 Å². The van der Waals surface area contributed by atoms with E-state index in [1.165, 1.54) is 12.1 Å². The number of hydrogen-bond donors (Lipinski definition) is 0. The predicted octanol–water partition coefficient (Wildman–Crippen LogP) is 2.95. The molecule has 18 heavy (non-hydrogen) atoms. The Labute approximate surface area is 109 Å². The maximum atomic E-state index is 13.0. The zero-order valence-electron chi connectivity index (χ0n) is 10.1. The van der Waals surface area contributed by atoms with Crippen LogP contribution in [0, 0.1) is 12.7 Å². The highest BCUT2D eigenvalue weighted by Gasteiger charge is 2.13. The number of hydrogen-bond acceptors (Lipinski definition) is 2. The van der Waals surface area contributed by atoms with E-state index in [0.29, 0.717) is 11.3 Å². The number of nitrogens with zero attached hydrogens (tertiary/aromatic N) is 2. The summed E-state index contributed by atoms with van der Waals surface area (Å²) in [6.07, 6.45) is 0.180. The number of rotatable bonds is 3. The molecule has 0 saturated carbocycles. The highest BCUT2D eigenvalue weighted by atomic mass is 35.5. The van der Waals surface area contributed by atoms with Gasteiger partial charge in [0, 0.05) is 13.5 Å². The Morgan fingerprint density at radius 2 is 2.17 bits per heavy atom. The van der Waals surface area contributed by atoms with Gasteiger partial charge in [-0.05, 0) is 30.7 Å². The van der Waals surface area contributed by atoms with Gasteiger partial charge in [-0.2, -0.15) is 5.10 Å². The summed E-state index contributed by atoms with van der Waals surface area (Å²) < 4.78 is 14.5. The first kappa shape index (κ1) is 12.8. The van der Waals surface area contributed by atoms with Crippen LogP contribution < -0.4 is 0 Å². The molecular formula is C13H12ClFN2O. The fourth-order valence-electron chi connectivity index (χ4n) is 1.80. The van der Waals surface area contributed by atoms with E-state index >= 15 is 0 Å². The number of carbonyl (C=O) groups excluding carboxylic acids is 1. The van der Waals surface area contributed by atoms with Crippen molar-refractivity contribution < 1.29 is 9.18 Å². The van der Waals surface area contributed by atoms with Crippen LogP contribution in [-0.4, -0.2) is 15.6 Å². The summed E-state index contributed by atoms with van der Waals surface area (Å²) in [6, 6.07) is 6.02. The number of ketones is 1. The normalized spacial score (nSPS) is 10.7. The minimum atomic E-state index is -0.482. The molecule has 0 fully saturated rings. The van der Waals surface area contributed by atoms with Crippen molar-refractivity contribution in [1.29, 1.82) is 0 Å². The van der Waals surface area contributed by atoms with E-state index in [0.717, 1.165) is 5.69 Å². The van der Waals surface area contributed by atoms with Crippen LogP contribution in [0.25, 0.3) is 0 Å². The number of aromatic nitrogens is 2. The van der Waals surface area contributed by atoms with Gasteiger partial charge in [0.2, 0.25) is 0 Å². The summed E-state index contributed by atoms with van der Waals surface area (Å²) in [4.78, 5) is 12.0. The second-order valence-corrected chi connectivity index (χ2v) is 4.55. The number of Topliss-reactive ketones (excluding diaryl/α,β-unsaturated/α-hetero) is 1. The van der Waals surface area contributed by atoms with Crippen LogP contribution in [-0.2, 0) is 13.5 Å². The number of halogens is 2. The first-order valence-corrected chi connectivity index (χ1v) is 5.83. The van der Waals surface area contributed by atoms with Crippen molar-refractivity contribution in [2.75, 3.05) is 0 Å². The predicted molar refractivity (Wildman–Crippen MR) is 67.4 cm³/mol. The highest BCUT2D eigenvalue weighted by molar-refractivity contribution is 6.30. The zero-order chi connectivity index (χ0) is 13.3. The van der Waals surface area contributed by atoms with Gasteiger partial charge in [0.15, 0.2) is 5.78 Å². The molecule has 3 nitrogen and oxygen atoms in total. The molecule has 0 spiro atoms. The Morgan fingerprint density at radius 1 is 1.44 bits per heavy atom. The Balaban J connectivity index is 2.21. The maximum Gasteiger partial charge on any atom is 0.185 e. The van der Waals surface area contributed by atoms with Gasteiger partial charge in [-0.15, -0.1) is 0 Å². The van der Waals surface area contributed by atoms with Crippen LogP contribution in [0.15, 0.2) is 24.3 Å². The number of carbonyl (C=O) groups is 1. The largest absolute Gasteiger partial charge is 0.292 e. The Hall–Kier alpha value is -1.68. The summed E-state index contributed by atoms with van der Waals surface area (Å²) in [5.74, 6) is -0.551. The van der Waals surface area contributed by atoms with Gasteiger partial charge in [0.25, 0.3) is 0 Å². The van der Waals surface area contributed by atoms with Crippen LogP contribution in [0.4, 0.5) is 4.39 Å². The Morgan fingerprint density at radius 3 is 2.72 bits per heavy atom. The third-order valence-corrected chi connectivity index (χ3v) is 2.93. The monoisotopic (exact) mass is 266 g/mol. The lowest BCUT2D eigenvalue weighted by Gasteiger charge is -2.03. The molecule has 1 aromatic heterocycles. The minimum Gasteiger partial charge on any atom is -0.292 e. The van der Waals surface area contributed by atoms with Gasteiger partial charge < -0.3 is 0 Å². The maximum absolute atomic E-state index is 13.0. The van der Waals surface area contributed by atoms with Crippen molar-refractivity contribution in [3.63, 3.8) is 0 Å². The summed E-state index contributed by atoms with van der Waals surface area (Å²) in [7, 11) is 1.72. The van der Waals surface area contributed by atoms with Crippen molar-refractivity contribution in [3.8, 4) is 0 Å². The van der Waals surface area contributed by atoms with E-state index < -0.39 is 5.82 Å². The summed E-state index contributed by atoms with van der Waals surface area (Å²) >= 11 is 5.67. The van der Waals surface area contributed by atoms with Crippen molar-refractivity contribution >= 4 is 17.4 Å². The van der Waals surface area contributed by atoms with Crippen LogP contribution in [0.2, 0.25) is 5.02 Å². The van der Waals surface area contributed by atoms with E-state index in [1.807, 2.05) is 6.92 Å². The molecule has 5 heteroatoms. The van der Waals surface area contributed by atoms with E-state index in [9.17, 15) is 9.18 Å². The standard InChI is InChI=1S/C13H12ClFN2O/c1-8-5-12(17(2)16-8)13(18)7-9-3-4-11(15)10(14)6-9/h3-6H,7H2,1-2H3. The summed E-state index contributed by atoms with van der Waals surface area (Å²) in [6.45, 7) is 1.82. The van der Waals surface area contributed by atoms with E-state index in [1.54, 1.807) is 23.9 Å². The van der Waals surface area contributed by atoms with Crippen LogP contribution >= 0.6 is 11.6 Å². The Bertz CT molecular complexity index is 607. The van der Waals surface area contributed by atoms with Crippen molar-refractivity contribution in [3.05, 3.63) is 52.1 Å². The zero-order valence-corrected chi connectivity index (χ0v) is 10.8. The Kier molecular flexibility index (Phi) is 3.48. The second-order valence-electron chi connectivity index (χ2n) is 4.14. The molecule has 0 aliphatic heterocycles. The second kappa shape index (κ2) is 4.90. The fourth-order valence-corrected chi connectivity index (χ4v) is 2.00. The van der Waals surface area contributed by atoms with Gasteiger partial charge in [0.05, 0.1) is 10.7 Å². The van der Waals surface area contributed by atoms with E-state index in [4.69, 9.17) is 11.6 Å². The molecule has 0 atom stereocenters. The van der Waals surface area contributed by atoms with Crippen molar-refractivity contribution in [2.45, 2.75) is 13.3 Å². The van der Waals surface area contributed by atoms with Crippen LogP contribution in [0.3, 0.4) is 0 Å². The third-order valence-electron chi connectivity index (χ3n) is 2.64. The number of benzene rings is 1. The van der Waals surface area contributed by atoms with Crippen LogP contribution in [0.5, 0.6) is 0 Å². The average molecular weight is 267 g/mol. The molecule has 1 heterocycles. The molecule has 0 saturated heterocycles. The molecule has 94 valence electrons. The lowest BCUT2D eigenvalue weighted by molar-refractivity contribution is 0.0984. The van der Waals surface area contributed by atoms with Gasteiger partial charge >= 0.3 is 0 Å². The summed E-state index contributed by atoms with van der Waals surface area (Å²) in [5, 5.41) is 4.14. The van der Waals surface area contributed by atoms with E-state index in [2.05, 4.69) is 5.10 Å². The molecule has 0 amide bonds. The highest BCUT2D eigenvalue weighted by Crippen LogP contribution is 2.17. The van der Waals surface area contributed by atoms with Gasteiger partial charge in [0.1, 0.15) is 11.5 Å². The molecule has 0 bridgehead atoms. The smallest absolute Gasteiger partial charge is 0.185 e. The van der Waals surface area contributed by atoms with Gasteiger partial charge in [-0.1, -0.05) is 17.7 Å². The lowest BCUT2D eigenvalue weighted by atomic mass is 10.1. The molecule has 0 aliphatic rings. The molecule has 0 radical (unpaired) electrons. The SMILES string of the molecule is Cc1cc(C(=O)Cc2ccc(F)c(Cl)c2)n(C)n1. The molecule has 0 unspecified atom stereocenters. The first-order chi connectivity index (χ1) is 8.47.